The van der Waals surface area contributed by atoms with Gasteiger partial charge in [-0.25, -0.2) is 0 Å². The van der Waals surface area contributed by atoms with Gasteiger partial charge in [-0.3, -0.25) is 0 Å². The summed E-state index contributed by atoms with van der Waals surface area (Å²) in [7, 11) is 0. The number of hydrogen-bond acceptors (Lipinski definition) is 1. The van der Waals surface area contributed by atoms with Crippen molar-refractivity contribution < 1.29 is 0 Å². The minimum Gasteiger partial charge on any atom is -0.342 e. The Morgan fingerprint density at radius 1 is 1.15 bits per heavy atom. The molecule has 0 radical (unpaired) electrons. The van der Waals surface area contributed by atoms with Crippen LogP contribution in [0.1, 0.15) is 40.5 Å². The van der Waals surface area contributed by atoms with Gasteiger partial charge in [0.15, 0.2) is 0 Å². The van der Waals surface area contributed by atoms with Crippen LogP contribution in [-0.2, 0) is 0 Å². The first-order valence-corrected chi connectivity index (χ1v) is 7.51. The first-order chi connectivity index (χ1) is 9.74. The highest BCUT2D eigenvalue weighted by Crippen LogP contribution is 2.25. The molecule has 1 unspecified atom stereocenters. The molecule has 0 N–H and O–H groups in total. The Balaban J connectivity index is 3.12. The number of allylic oxidation sites excluding steroid dienone is 5. The van der Waals surface area contributed by atoms with Crippen LogP contribution in [-0.4, -0.2) is 6.04 Å². The lowest BCUT2D eigenvalue weighted by Crippen LogP contribution is -2.31. The highest BCUT2D eigenvalue weighted by atomic mass is 15.2. The van der Waals surface area contributed by atoms with Crippen molar-refractivity contribution in [1.82, 2.24) is 0 Å². The first kappa shape index (κ1) is 16.3. The molecule has 0 aliphatic carbocycles. The Hall–Kier alpha value is -1.76. The van der Waals surface area contributed by atoms with Crippen molar-refractivity contribution in [2.45, 2.75) is 46.6 Å². The molecule has 0 fully saturated rings. The summed E-state index contributed by atoms with van der Waals surface area (Å²) in [5, 5.41) is 0. The van der Waals surface area contributed by atoms with Crippen LogP contribution in [0.4, 0.5) is 5.69 Å². The van der Waals surface area contributed by atoms with Crippen molar-refractivity contribution in [3.8, 4) is 0 Å². The zero-order valence-electron chi connectivity index (χ0n) is 13.2. The molecule has 0 aliphatic heterocycles. The average molecular weight is 269 g/mol. The predicted molar refractivity (Wildman–Crippen MR) is 91.0 cm³/mol. The SMILES string of the molecule is CC=CC=C(CC)N(c1ccccc1)C(C)CC=CC. The lowest BCUT2D eigenvalue weighted by atomic mass is 10.1. The molecule has 1 atom stereocenters. The van der Waals surface area contributed by atoms with Crippen LogP contribution in [0.5, 0.6) is 0 Å². The minimum absolute atomic E-state index is 0.449. The zero-order chi connectivity index (χ0) is 14.8. The van der Waals surface area contributed by atoms with Gasteiger partial charge in [0.25, 0.3) is 0 Å². The Labute approximate surface area is 124 Å². The molecule has 0 amide bonds. The van der Waals surface area contributed by atoms with E-state index in [4.69, 9.17) is 0 Å². The summed E-state index contributed by atoms with van der Waals surface area (Å²) >= 11 is 0. The molecule has 1 nitrogen and oxygen atoms in total. The van der Waals surface area contributed by atoms with Crippen LogP contribution in [0.3, 0.4) is 0 Å². The molecular weight excluding hydrogens is 242 g/mol. The lowest BCUT2D eigenvalue weighted by Gasteiger charge is -2.33. The summed E-state index contributed by atoms with van der Waals surface area (Å²) in [5.41, 5.74) is 2.62. The van der Waals surface area contributed by atoms with Gasteiger partial charge in [0, 0.05) is 17.4 Å². The molecule has 0 saturated carbocycles. The van der Waals surface area contributed by atoms with E-state index in [9.17, 15) is 0 Å². The highest BCUT2D eigenvalue weighted by molar-refractivity contribution is 5.53. The Kier molecular flexibility index (Phi) is 7.49. The van der Waals surface area contributed by atoms with Crippen molar-refractivity contribution >= 4 is 5.69 Å². The molecule has 0 spiro atoms. The topological polar surface area (TPSA) is 3.24 Å². The fourth-order valence-electron chi connectivity index (χ4n) is 2.31. The Morgan fingerprint density at radius 2 is 1.85 bits per heavy atom. The maximum Gasteiger partial charge on any atom is 0.0410 e. The average Bonchev–Trinajstić information content (AvgIpc) is 2.49. The number of hydrogen-bond donors (Lipinski definition) is 0. The fourth-order valence-corrected chi connectivity index (χ4v) is 2.31. The third-order valence-electron chi connectivity index (χ3n) is 3.34. The molecule has 0 heterocycles. The fraction of sp³-hybridized carbons (Fsp3) is 0.368. The lowest BCUT2D eigenvalue weighted by molar-refractivity contribution is 0.682. The molecule has 20 heavy (non-hydrogen) atoms. The van der Waals surface area contributed by atoms with E-state index in [1.54, 1.807) is 0 Å². The Morgan fingerprint density at radius 3 is 2.40 bits per heavy atom. The van der Waals surface area contributed by atoms with Crippen molar-refractivity contribution in [3.05, 3.63) is 66.4 Å². The second-order valence-electron chi connectivity index (χ2n) is 4.90. The molecule has 1 aromatic carbocycles. The summed E-state index contributed by atoms with van der Waals surface area (Å²) < 4.78 is 0. The van der Waals surface area contributed by atoms with Crippen LogP contribution < -0.4 is 4.90 Å². The van der Waals surface area contributed by atoms with E-state index in [0.717, 1.165) is 12.8 Å². The van der Waals surface area contributed by atoms with Crippen LogP contribution in [0.15, 0.2) is 66.4 Å². The first-order valence-electron chi connectivity index (χ1n) is 7.51. The molecule has 108 valence electrons. The quantitative estimate of drug-likeness (QED) is 0.452. The van der Waals surface area contributed by atoms with Gasteiger partial charge in [-0.2, -0.15) is 0 Å². The summed E-state index contributed by atoms with van der Waals surface area (Å²) in [6, 6.07) is 11.1. The van der Waals surface area contributed by atoms with Gasteiger partial charge >= 0.3 is 0 Å². The highest BCUT2D eigenvalue weighted by Gasteiger charge is 2.16. The van der Waals surface area contributed by atoms with E-state index in [0.29, 0.717) is 6.04 Å². The largest absolute Gasteiger partial charge is 0.342 e. The van der Waals surface area contributed by atoms with Crippen LogP contribution in [0.2, 0.25) is 0 Å². The van der Waals surface area contributed by atoms with Gasteiger partial charge in [-0.1, -0.05) is 49.4 Å². The second-order valence-corrected chi connectivity index (χ2v) is 4.90. The zero-order valence-corrected chi connectivity index (χ0v) is 13.2. The smallest absolute Gasteiger partial charge is 0.0410 e. The van der Waals surface area contributed by atoms with Gasteiger partial charge in [-0.05, 0) is 51.8 Å². The van der Waals surface area contributed by atoms with Crippen molar-refractivity contribution in [2.24, 2.45) is 0 Å². The normalized spacial score (nSPS) is 14.1. The summed E-state index contributed by atoms with van der Waals surface area (Å²) in [5.74, 6) is 0. The third-order valence-corrected chi connectivity index (χ3v) is 3.34. The van der Waals surface area contributed by atoms with Crippen LogP contribution >= 0.6 is 0 Å². The maximum atomic E-state index is 2.44. The van der Waals surface area contributed by atoms with Gasteiger partial charge < -0.3 is 4.90 Å². The second kappa shape index (κ2) is 9.19. The standard InChI is InChI=1S/C19H27N/c1-5-8-13-17(4)20(18(7-3)14-9-6-2)19-15-11-10-12-16-19/h5-6,8-12,14-17H,7,13H2,1-4H3. The number of nitrogens with zero attached hydrogens (tertiary/aromatic N) is 1. The van der Waals surface area contributed by atoms with Crippen molar-refractivity contribution in [1.29, 1.82) is 0 Å². The van der Waals surface area contributed by atoms with Gasteiger partial charge in [0.2, 0.25) is 0 Å². The van der Waals surface area contributed by atoms with Crippen molar-refractivity contribution in [3.63, 3.8) is 0 Å². The Bertz CT molecular complexity index is 454. The van der Waals surface area contributed by atoms with E-state index >= 15 is 0 Å². The molecule has 0 aliphatic rings. The van der Waals surface area contributed by atoms with Crippen LogP contribution in [0.25, 0.3) is 0 Å². The maximum absolute atomic E-state index is 2.44. The molecule has 0 aromatic heterocycles. The van der Waals surface area contributed by atoms with E-state index in [1.807, 2.05) is 0 Å². The molecule has 1 rings (SSSR count). The van der Waals surface area contributed by atoms with Gasteiger partial charge in [0.1, 0.15) is 0 Å². The molecule has 1 heteroatoms. The summed E-state index contributed by atoms with van der Waals surface area (Å²) in [6.07, 6.45) is 12.9. The van der Waals surface area contributed by atoms with E-state index in [1.165, 1.54) is 11.4 Å². The molecule has 0 saturated heterocycles. The number of rotatable bonds is 7. The van der Waals surface area contributed by atoms with Gasteiger partial charge in [0.05, 0.1) is 0 Å². The van der Waals surface area contributed by atoms with Gasteiger partial charge in [-0.15, -0.1) is 0 Å². The third kappa shape index (κ3) is 4.73. The predicted octanol–water partition coefficient (Wildman–Crippen LogP) is 5.72. The summed E-state index contributed by atoms with van der Waals surface area (Å²) in [6.45, 7) is 8.63. The molecular formula is C19H27N. The monoisotopic (exact) mass is 269 g/mol. The van der Waals surface area contributed by atoms with E-state index in [2.05, 4.69) is 93.3 Å². The number of benzene rings is 1. The van der Waals surface area contributed by atoms with Crippen LogP contribution in [0, 0.1) is 0 Å². The molecule has 0 bridgehead atoms. The number of para-hydroxylation sites is 1. The minimum atomic E-state index is 0.449. The van der Waals surface area contributed by atoms with E-state index in [-0.39, 0.29) is 0 Å². The number of anilines is 1. The van der Waals surface area contributed by atoms with E-state index < -0.39 is 0 Å². The summed E-state index contributed by atoms with van der Waals surface area (Å²) in [4.78, 5) is 2.44. The molecule has 1 aromatic rings. The van der Waals surface area contributed by atoms with Crippen molar-refractivity contribution in [2.75, 3.05) is 4.90 Å².